The molecule has 1 aliphatic carbocycles. The van der Waals surface area contributed by atoms with E-state index in [2.05, 4.69) is 4.90 Å². The second-order valence-electron chi connectivity index (χ2n) is 6.05. The smallest absolute Gasteiger partial charge is 0.305 e. The van der Waals surface area contributed by atoms with E-state index in [0.717, 1.165) is 24.8 Å². The van der Waals surface area contributed by atoms with Crippen LogP contribution in [0.1, 0.15) is 64.7 Å². The summed E-state index contributed by atoms with van der Waals surface area (Å²) in [6, 6.07) is 0.888. The van der Waals surface area contributed by atoms with Crippen molar-refractivity contribution in [3.05, 3.63) is 0 Å². The Hall–Kier alpha value is -0.570. The lowest BCUT2D eigenvalue weighted by atomic mass is 9.85. The largest absolute Gasteiger partial charge is 0.466 e. The molecule has 3 nitrogen and oxygen atoms in total. The highest BCUT2D eigenvalue weighted by atomic mass is 16.5. The normalized spacial score (nSPS) is 27.2. The Balaban J connectivity index is 1.55. The van der Waals surface area contributed by atoms with Gasteiger partial charge in [-0.05, 0) is 58.0 Å². The Kier molecular flexibility index (Phi) is 6.15. The molecule has 0 amide bonds. The molecule has 3 heteroatoms. The van der Waals surface area contributed by atoms with Crippen molar-refractivity contribution in [1.29, 1.82) is 0 Å². The van der Waals surface area contributed by atoms with E-state index in [1.54, 1.807) is 0 Å². The van der Waals surface area contributed by atoms with E-state index in [4.69, 9.17) is 4.74 Å². The van der Waals surface area contributed by atoms with Crippen molar-refractivity contribution in [3.63, 3.8) is 0 Å². The summed E-state index contributed by atoms with van der Waals surface area (Å²) in [6.45, 7) is 4.93. The number of esters is 1. The first kappa shape index (κ1) is 14.8. The highest BCUT2D eigenvalue weighted by Gasteiger charge is 2.34. The lowest BCUT2D eigenvalue weighted by Gasteiger charge is -2.31. The number of hydrogen-bond donors (Lipinski definition) is 0. The summed E-state index contributed by atoms with van der Waals surface area (Å²) in [5.74, 6) is 0.962. The number of rotatable bonds is 7. The maximum atomic E-state index is 11.2. The maximum absolute atomic E-state index is 11.2. The Bertz CT molecular complexity index is 280. The standard InChI is InChI=1S/C16H29NO2/c1-2-19-16(18)10-4-3-7-12-17-13-11-14-8-5-6-9-15(14)17/h14-15H,2-13H2,1H3. The highest BCUT2D eigenvalue weighted by Crippen LogP contribution is 2.36. The average molecular weight is 267 g/mol. The summed E-state index contributed by atoms with van der Waals surface area (Å²) >= 11 is 0. The Labute approximate surface area is 117 Å². The van der Waals surface area contributed by atoms with Gasteiger partial charge in [0, 0.05) is 12.5 Å². The van der Waals surface area contributed by atoms with E-state index in [-0.39, 0.29) is 5.97 Å². The Morgan fingerprint density at radius 3 is 2.84 bits per heavy atom. The SMILES string of the molecule is CCOC(=O)CCCCCN1CCC2CCCCC21. The highest BCUT2D eigenvalue weighted by molar-refractivity contribution is 5.69. The molecule has 0 aromatic carbocycles. The summed E-state index contributed by atoms with van der Waals surface area (Å²) in [5.41, 5.74) is 0. The third-order valence-corrected chi connectivity index (χ3v) is 4.76. The van der Waals surface area contributed by atoms with Gasteiger partial charge in [0.05, 0.1) is 6.61 Å². The molecule has 0 N–H and O–H groups in total. The summed E-state index contributed by atoms with van der Waals surface area (Å²) < 4.78 is 4.94. The van der Waals surface area contributed by atoms with Gasteiger partial charge in [-0.3, -0.25) is 4.79 Å². The molecule has 19 heavy (non-hydrogen) atoms. The van der Waals surface area contributed by atoms with Crippen molar-refractivity contribution in [3.8, 4) is 0 Å². The van der Waals surface area contributed by atoms with E-state index in [9.17, 15) is 4.79 Å². The number of nitrogens with zero attached hydrogens (tertiary/aromatic N) is 1. The first-order chi connectivity index (χ1) is 9.31. The Morgan fingerprint density at radius 1 is 1.16 bits per heavy atom. The lowest BCUT2D eigenvalue weighted by Crippen LogP contribution is -2.35. The van der Waals surface area contributed by atoms with Crippen molar-refractivity contribution < 1.29 is 9.53 Å². The van der Waals surface area contributed by atoms with Crippen LogP contribution in [0.3, 0.4) is 0 Å². The molecule has 1 aliphatic heterocycles. The third kappa shape index (κ3) is 4.48. The zero-order valence-corrected chi connectivity index (χ0v) is 12.4. The maximum Gasteiger partial charge on any atom is 0.305 e. The summed E-state index contributed by atoms with van der Waals surface area (Å²) in [6.07, 6.45) is 11.2. The number of carbonyl (C=O) groups excluding carboxylic acids is 1. The van der Waals surface area contributed by atoms with Crippen LogP contribution in [0, 0.1) is 5.92 Å². The fraction of sp³-hybridized carbons (Fsp3) is 0.938. The second-order valence-corrected chi connectivity index (χ2v) is 6.05. The second kappa shape index (κ2) is 7.88. The van der Waals surface area contributed by atoms with E-state index in [0.29, 0.717) is 13.0 Å². The molecule has 0 spiro atoms. The van der Waals surface area contributed by atoms with Crippen molar-refractivity contribution in [2.45, 2.75) is 70.8 Å². The zero-order chi connectivity index (χ0) is 13.5. The summed E-state index contributed by atoms with van der Waals surface area (Å²) in [7, 11) is 0. The number of unbranched alkanes of at least 4 members (excludes halogenated alkanes) is 2. The average Bonchev–Trinajstić information content (AvgIpc) is 2.82. The molecule has 1 saturated carbocycles. The van der Waals surface area contributed by atoms with E-state index in [1.807, 2.05) is 6.92 Å². The molecular weight excluding hydrogens is 238 g/mol. The van der Waals surface area contributed by atoms with Gasteiger partial charge in [0.2, 0.25) is 0 Å². The fourth-order valence-electron chi connectivity index (χ4n) is 3.77. The van der Waals surface area contributed by atoms with Gasteiger partial charge >= 0.3 is 5.97 Å². The van der Waals surface area contributed by atoms with Crippen LogP contribution in [-0.4, -0.2) is 36.6 Å². The van der Waals surface area contributed by atoms with Crippen molar-refractivity contribution in [2.75, 3.05) is 19.7 Å². The van der Waals surface area contributed by atoms with Gasteiger partial charge < -0.3 is 9.64 Å². The molecule has 1 saturated heterocycles. The number of hydrogen-bond acceptors (Lipinski definition) is 3. The number of likely N-dealkylation sites (tertiary alicyclic amines) is 1. The van der Waals surface area contributed by atoms with Crippen LogP contribution in [0.25, 0.3) is 0 Å². The number of carbonyl (C=O) groups is 1. The van der Waals surface area contributed by atoms with Gasteiger partial charge in [-0.1, -0.05) is 19.3 Å². The monoisotopic (exact) mass is 267 g/mol. The topological polar surface area (TPSA) is 29.5 Å². The molecule has 0 bridgehead atoms. The van der Waals surface area contributed by atoms with Crippen LogP contribution < -0.4 is 0 Å². The Morgan fingerprint density at radius 2 is 2.00 bits per heavy atom. The molecule has 0 aromatic heterocycles. The van der Waals surface area contributed by atoms with Gasteiger partial charge in [-0.25, -0.2) is 0 Å². The number of fused-ring (bicyclic) bond motifs is 1. The van der Waals surface area contributed by atoms with Gasteiger partial charge in [0.15, 0.2) is 0 Å². The number of ether oxygens (including phenoxy) is 1. The predicted octanol–water partition coefficient (Wildman–Crippen LogP) is 3.37. The van der Waals surface area contributed by atoms with Crippen LogP contribution in [0.2, 0.25) is 0 Å². The van der Waals surface area contributed by atoms with Gasteiger partial charge in [-0.15, -0.1) is 0 Å². The minimum Gasteiger partial charge on any atom is -0.466 e. The fourth-order valence-corrected chi connectivity index (χ4v) is 3.77. The van der Waals surface area contributed by atoms with E-state index in [1.165, 1.54) is 51.6 Å². The molecule has 2 aliphatic rings. The molecule has 2 fully saturated rings. The van der Waals surface area contributed by atoms with Gasteiger partial charge in [0.25, 0.3) is 0 Å². The van der Waals surface area contributed by atoms with Gasteiger partial charge in [0.1, 0.15) is 0 Å². The zero-order valence-electron chi connectivity index (χ0n) is 12.4. The molecule has 2 rings (SSSR count). The minimum atomic E-state index is -0.0315. The van der Waals surface area contributed by atoms with Crippen LogP contribution in [-0.2, 0) is 9.53 Å². The molecular formula is C16H29NO2. The molecule has 2 unspecified atom stereocenters. The molecule has 0 radical (unpaired) electrons. The van der Waals surface area contributed by atoms with Crippen molar-refractivity contribution in [2.24, 2.45) is 5.92 Å². The van der Waals surface area contributed by atoms with Crippen LogP contribution in [0.4, 0.5) is 0 Å². The summed E-state index contributed by atoms with van der Waals surface area (Å²) in [4.78, 5) is 13.9. The van der Waals surface area contributed by atoms with Crippen LogP contribution >= 0.6 is 0 Å². The molecule has 1 heterocycles. The first-order valence-electron chi connectivity index (χ1n) is 8.21. The quantitative estimate of drug-likeness (QED) is 0.523. The van der Waals surface area contributed by atoms with Crippen molar-refractivity contribution >= 4 is 5.97 Å². The lowest BCUT2D eigenvalue weighted by molar-refractivity contribution is -0.143. The minimum absolute atomic E-state index is 0.0315. The first-order valence-corrected chi connectivity index (χ1v) is 8.21. The molecule has 110 valence electrons. The van der Waals surface area contributed by atoms with Crippen LogP contribution in [0.5, 0.6) is 0 Å². The van der Waals surface area contributed by atoms with Crippen LogP contribution in [0.15, 0.2) is 0 Å². The van der Waals surface area contributed by atoms with Crippen molar-refractivity contribution in [1.82, 2.24) is 4.90 Å². The van der Waals surface area contributed by atoms with E-state index < -0.39 is 0 Å². The van der Waals surface area contributed by atoms with E-state index >= 15 is 0 Å². The molecule has 2 atom stereocenters. The molecule has 0 aromatic rings. The predicted molar refractivity (Wildman–Crippen MR) is 77.0 cm³/mol. The van der Waals surface area contributed by atoms with Gasteiger partial charge in [-0.2, -0.15) is 0 Å². The third-order valence-electron chi connectivity index (χ3n) is 4.76. The summed E-state index contributed by atoms with van der Waals surface area (Å²) in [5, 5.41) is 0.